The lowest BCUT2D eigenvalue weighted by Crippen LogP contribution is -2.50. The molecule has 0 bridgehead atoms. The first kappa shape index (κ1) is 35.6. The summed E-state index contributed by atoms with van der Waals surface area (Å²) in [7, 11) is 0. The van der Waals surface area contributed by atoms with Crippen molar-refractivity contribution in [1.29, 1.82) is 0 Å². The van der Waals surface area contributed by atoms with Crippen LogP contribution in [0.3, 0.4) is 0 Å². The van der Waals surface area contributed by atoms with Gasteiger partial charge in [0.05, 0.1) is 43.1 Å². The van der Waals surface area contributed by atoms with Crippen molar-refractivity contribution in [3.8, 4) is 0 Å². The van der Waals surface area contributed by atoms with Crippen molar-refractivity contribution in [3.63, 3.8) is 0 Å². The van der Waals surface area contributed by atoms with E-state index in [9.17, 15) is 20.4 Å². The van der Waals surface area contributed by atoms with Crippen molar-refractivity contribution in [2.45, 2.75) is 132 Å². The van der Waals surface area contributed by atoms with Gasteiger partial charge in [0.15, 0.2) is 0 Å². The summed E-state index contributed by atoms with van der Waals surface area (Å²) in [5, 5.41) is 54.1. The number of thiocarbonyl (C=S) groups is 1. The molecule has 0 heterocycles. The quantitative estimate of drug-likeness (QED) is 0.165. The standard InChI is InChI=1S/C28H57NO6S/c1-11-28(10,18-26(5,6)7)23(34)12-20(31)19(15-35-16-22(33)21(32)14-30)29-24(36)13-27(8,9)17-25(2,3)4/h19-23,30-34H,11-18H2,1-10H3,(H,29,36). The van der Waals surface area contributed by atoms with Gasteiger partial charge >= 0.3 is 0 Å². The van der Waals surface area contributed by atoms with E-state index in [1.54, 1.807) is 0 Å². The first-order valence-electron chi connectivity index (χ1n) is 13.3. The van der Waals surface area contributed by atoms with E-state index >= 15 is 0 Å². The van der Waals surface area contributed by atoms with Gasteiger partial charge in [-0.15, -0.1) is 0 Å². The smallest absolute Gasteiger partial charge is 0.105 e. The average Bonchev–Trinajstić information content (AvgIpc) is 2.68. The van der Waals surface area contributed by atoms with Crippen LogP contribution in [0.5, 0.6) is 0 Å². The van der Waals surface area contributed by atoms with Crippen LogP contribution in [0, 0.1) is 21.7 Å². The van der Waals surface area contributed by atoms with Gasteiger partial charge < -0.3 is 35.6 Å². The number of aliphatic hydroxyl groups excluding tert-OH is 5. The van der Waals surface area contributed by atoms with Crippen molar-refractivity contribution in [2.75, 3.05) is 19.8 Å². The summed E-state index contributed by atoms with van der Waals surface area (Å²) in [6.45, 7) is 20.7. The number of aliphatic hydroxyl groups is 5. The monoisotopic (exact) mass is 535 g/mol. The minimum absolute atomic E-state index is 0.0189. The largest absolute Gasteiger partial charge is 0.394 e. The van der Waals surface area contributed by atoms with Crippen molar-refractivity contribution in [2.24, 2.45) is 21.7 Å². The number of hydrogen-bond donors (Lipinski definition) is 6. The van der Waals surface area contributed by atoms with E-state index in [4.69, 9.17) is 22.1 Å². The fourth-order valence-electron chi connectivity index (χ4n) is 5.36. The summed E-state index contributed by atoms with van der Waals surface area (Å²) < 4.78 is 5.60. The average molecular weight is 536 g/mol. The highest BCUT2D eigenvalue weighted by molar-refractivity contribution is 7.80. The van der Waals surface area contributed by atoms with Gasteiger partial charge in [-0.2, -0.15) is 0 Å². The van der Waals surface area contributed by atoms with Crippen molar-refractivity contribution in [1.82, 2.24) is 5.32 Å². The van der Waals surface area contributed by atoms with Crippen LogP contribution in [0.1, 0.15) is 101 Å². The highest BCUT2D eigenvalue weighted by Gasteiger charge is 2.38. The highest BCUT2D eigenvalue weighted by atomic mass is 32.1. The zero-order chi connectivity index (χ0) is 28.5. The zero-order valence-electron chi connectivity index (χ0n) is 24.6. The SMILES string of the molecule is CCC(C)(CC(C)(C)C)C(O)CC(O)C(COCC(O)C(O)CO)NC(=S)CC(C)(C)CC(C)(C)C. The Labute approximate surface area is 226 Å². The van der Waals surface area contributed by atoms with Gasteiger partial charge in [0.2, 0.25) is 0 Å². The normalized spacial score (nSPS) is 19.2. The Hall–Kier alpha value is -0.350. The molecular formula is C28H57NO6S. The van der Waals surface area contributed by atoms with Crippen molar-refractivity contribution >= 4 is 17.2 Å². The summed E-state index contributed by atoms with van der Waals surface area (Å²) in [6.07, 6.45) is -0.886. The highest BCUT2D eigenvalue weighted by Crippen LogP contribution is 2.40. The molecule has 0 rings (SSSR count). The first-order chi connectivity index (χ1) is 16.1. The van der Waals surface area contributed by atoms with E-state index < -0.39 is 37.1 Å². The molecule has 7 nitrogen and oxygen atoms in total. The van der Waals surface area contributed by atoms with Gasteiger partial charge in [-0.3, -0.25) is 0 Å². The zero-order valence-corrected chi connectivity index (χ0v) is 25.4. The summed E-state index contributed by atoms with van der Waals surface area (Å²) in [5.74, 6) is 0. The van der Waals surface area contributed by atoms with Gasteiger partial charge in [-0.05, 0) is 40.9 Å². The van der Waals surface area contributed by atoms with Crippen molar-refractivity contribution < 1.29 is 30.3 Å². The summed E-state index contributed by atoms with van der Waals surface area (Å²) >= 11 is 5.67. The molecule has 0 saturated heterocycles. The van der Waals surface area contributed by atoms with Crippen LogP contribution in [0.4, 0.5) is 0 Å². The number of ether oxygens (including phenoxy) is 1. The summed E-state index contributed by atoms with van der Waals surface area (Å²) in [6, 6.07) is -0.605. The molecule has 0 amide bonds. The van der Waals surface area contributed by atoms with E-state index in [0.29, 0.717) is 11.4 Å². The molecule has 8 heteroatoms. The lowest BCUT2D eigenvalue weighted by atomic mass is 9.69. The Morgan fingerprint density at radius 1 is 0.806 bits per heavy atom. The second-order valence-corrected chi connectivity index (χ2v) is 14.7. The molecule has 216 valence electrons. The number of hydrogen-bond acceptors (Lipinski definition) is 7. The van der Waals surface area contributed by atoms with E-state index in [1.165, 1.54) is 0 Å². The van der Waals surface area contributed by atoms with Gasteiger partial charge in [-0.25, -0.2) is 0 Å². The first-order valence-corrected chi connectivity index (χ1v) is 13.8. The molecule has 0 aliphatic carbocycles. The molecule has 0 radical (unpaired) electrons. The number of rotatable bonds is 16. The van der Waals surface area contributed by atoms with Crippen LogP contribution in [-0.4, -0.2) is 80.8 Å². The molecule has 6 unspecified atom stereocenters. The third kappa shape index (κ3) is 14.6. The molecule has 0 fully saturated rings. The third-order valence-corrected chi connectivity index (χ3v) is 6.95. The molecule has 6 atom stereocenters. The molecular weight excluding hydrogens is 478 g/mol. The summed E-state index contributed by atoms with van der Waals surface area (Å²) in [5.41, 5.74) is -0.234. The van der Waals surface area contributed by atoms with Crippen molar-refractivity contribution in [3.05, 3.63) is 0 Å². The molecule has 0 aliphatic rings. The van der Waals surface area contributed by atoms with Gasteiger partial charge in [0, 0.05) is 12.8 Å². The Kier molecular flexibility index (Phi) is 14.6. The molecule has 0 saturated carbocycles. The maximum Gasteiger partial charge on any atom is 0.105 e. The maximum absolute atomic E-state index is 11.2. The lowest BCUT2D eigenvalue weighted by Gasteiger charge is -2.40. The fraction of sp³-hybridized carbons (Fsp3) is 0.964. The predicted octanol–water partition coefficient (Wildman–Crippen LogP) is 3.82. The lowest BCUT2D eigenvalue weighted by molar-refractivity contribution is -0.0697. The predicted molar refractivity (Wildman–Crippen MR) is 151 cm³/mol. The molecule has 0 aromatic heterocycles. The van der Waals surface area contributed by atoms with Gasteiger partial charge in [0.25, 0.3) is 0 Å². The second kappa shape index (κ2) is 14.7. The van der Waals surface area contributed by atoms with Gasteiger partial charge in [-0.1, -0.05) is 81.5 Å². The minimum atomic E-state index is -1.30. The molecule has 6 N–H and O–H groups in total. The molecule has 0 aromatic carbocycles. The van der Waals surface area contributed by atoms with Crippen LogP contribution in [-0.2, 0) is 4.74 Å². The van der Waals surface area contributed by atoms with Crippen LogP contribution in [0.15, 0.2) is 0 Å². The minimum Gasteiger partial charge on any atom is -0.394 e. The van der Waals surface area contributed by atoms with E-state index in [1.807, 2.05) is 0 Å². The Morgan fingerprint density at radius 2 is 1.33 bits per heavy atom. The van der Waals surface area contributed by atoms with Crippen LogP contribution in [0.25, 0.3) is 0 Å². The number of nitrogens with one attached hydrogen (secondary N) is 1. The van der Waals surface area contributed by atoms with Crippen LogP contribution < -0.4 is 5.32 Å². The van der Waals surface area contributed by atoms with Gasteiger partial charge in [0.1, 0.15) is 12.2 Å². The van der Waals surface area contributed by atoms with E-state index in [2.05, 4.69) is 74.6 Å². The Bertz CT molecular complexity index is 645. The summed E-state index contributed by atoms with van der Waals surface area (Å²) in [4.78, 5) is 0.607. The Morgan fingerprint density at radius 3 is 1.78 bits per heavy atom. The molecule has 36 heavy (non-hydrogen) atoms. The molecule has 0 aromatic rings. The topological polar surface area (TPSA) is 122 Å². The molecule has 0 spiro atoms. The second-order valence-electron chi connectivity index (χ2n) is 14.2. The maximum atomic E-state index is 11.2. The van der Waals surface area contributed by atoms with E-state index in [-0.39, 0.29) is 41.3 Å². The Balaban J connectivity index is 5.50. The van der Waals surface area contributed by atoms with E-state index in [0.717, 1.165) is 19.3 Å². The van der Waals surface area contributed by atoms with Crippen LogP contribution in [0.2, 0.25) is 0 Å². The van der Waals surface area contributed by atoms with Crippen LogP contribution >= 0.6 is 12.2 Å². The fourth-order valence-corrected chi connectivity index (χ4v) is 5.90. The molecule has 0 aliphatic heterocycles. The third-order valence-electron chi connectivity index (χ3n) is 6.69.